The number of aromatic nitrogens is 2. The van der Waals surface area contributed by atoms with Crippen LogP contribution in [0.1, 0.15) is 18.1 Å². The van der Waals surface area contributed by atoms with Crippen LogP contribution in [0.4, 0.5) is 17.3 Å². The molecular weight excluding hydrogens is 252 g/mol. The SMILES string of the molecule is CCNc1ncnc(Nc2ccc(OC)cc2C)c1C. The van der Waals surface area contributed by atoms with E-state index in [2.05, 4.69) is 20.6 Å². The van der Waals surface area contributed by atoms with Crippen LogP contribution >= 0.6 is 0 Å². The topological polar surface area (TPSA) is 59.1 Å². The largest absolute Gasteiger partial charge is 0.497 e. The van der Waals surface area contributed by atoms with E-state index in [1.807, 2.05) is 39.0 Å². The number of nitrogens with one attached hydrogen (secondary N) is 2. The quantitative estimate of drug-likeness (QED) is 0.874. The van der Waals surface area contributed by atoms with Crippen LogP contribution in [0.15, 0.2) is 24.5 Å². The van der Waals surface area contributed by atoms with Crippen molar-refractivity contribution < 1.29 is 4.74 Å². The third kappa shape index (κ3) is 2.99. The van der Waals surface area contributed by atoms with E-state index in [9.17, 15) is 0 Å². The van der Waals surface area contributed by atoms with Gasteiger partial charge in [0.2, 0.25) is 0 Å². The number of nitrogens with zero attached hydrogens (tertiary/aromatic N) is 2. The van der Waals surface area contributed by atoms with E-state index in [0.29, 0.717) is 0 Å². The Morgan fingerprint density at radius 3 is 2.55 bits per heavy atom. The maximum Gasteiger partial charge on any atom is 0.138 e. The van der Waals surface area contributed by atoms with Crippen molar-refractivity contribution in [3.8, 4) is 5.75 Å². The van der Waals surface area contributed by atoms with E-state index >= 15 is 0 Å². The zero-order chi connectivity index (χ0) is 14.5. The molecule has 0 saturated heterocycles. The smallest absolute Gasteiger partial charge is 0.138 e. The van der Waals surface area contributed by atoms with Gasteiger partial charge in [-0.3, -0.25) is 0 Å². The predicted molar refractivity (Wildman–Crippen MR) is 81.9 cm³/mol. The van der Waals surface area contributed by atoms with Gasteiger partial charge in [0.05, 0.1) is 7.11 Å². The summed E-state index contributed by atoms with van der Waals surface area (Å²) in [6.07, 6.45) is 1.56. The molecule has 0 amide bonds. The van der Waals surface area contributed by atoms with E-state index in [1.54, 1.807) is 13.4 Å². The number of rotatable bonds is 5. The average Bonchev–Trinajstić information content (AvgIpc) is 2.45. The van der Waals surface area contributed by atoms with E-state index < -0.39 is 0 Å². The fraction of sp³-hybridized carbons (Fsp3) is 0.333. The predicted octanol–water partition coefficient (Wildman–Crippen LogP) is 3.28. The molecule has 0 aliphatic rings. The molecule has 5 nitrogen and oxygen atoms in total. The number of ether oxygens (including phenoxy) is 1. The first kappa shape index (κ1) is 14.1. The molecule has 1 heterocycles. The molecule has 0 unspecified atom stereocenters. The first-order chi connectivity index (χ1) is 9.65. The summed E-state index contributed by atoms with van der Waals surface area (Å²) in [5.41, 5.74) is 3.12. The average molecular weight is 272 g/mol. The Hall–Kier alpha value is -2.30. The molecule has 0 aliphatic heterocycles. The van der Waals surface area contributed by atoms with Gasteiger partial charge in [0.1, 0.15) is 23.7 Å². The molecule has 0 saturated carbocycles. The van der Waals surface area contributed by atoms with Crippen LogP contribution in [0.25, 0.3) is 0 Å². The Morgan fingerprint density at radius 2 is 1.90 bits per heavy atom. The lowest BCUT2D eigenvalue weighted by molar-refractivity contribution is 0.414. The fourth-order valence-electron chi connectivity index (χ4n) is 1.95. The highest BCUT2D eigenvalue weighted by atomic mass is 16.5. The maximum absolute atomic E-state index is 5.21. The van der Waals surface area contributed by atoms with Crippen LogP contribution in [-0.4, -0.2) is 23.6 Å². The number of hydrogen-bond acceptors (Lipinski definition) is 5. The lowest BCUT2D eigenvalue weighted by Crippen LogP contribution is -2.06. The lowest BCUT2D eigenvalue weighted by Gasteiger charge is -2.14. The maximum atomic E-state index is 5.21. The van der Waals surface area contributed by atoms with Gasteiger partial charge in [0.25, 0.3) is 0 Å². The molecule has 2 rings (SSSR count). The molecule has 20 heavy (non-hydrogen) atoms. The third-order valence-corrected chi connectivity index (χ3v) is 3.11. The summed E-state index contributed by atoms with van der Waals surface area (Å²) in [7, 11) is 1.67. The standard InChI is InChI=1S/C15H20N4O/c1-5-16-14-11(3)15(18-9-17-14)19-13-7-6-12(20-4)8-10(13)2/h6-9H,5H2,1-4H3,(H2,16,17,18,19). The van der Waals surface area contributed by atoms with Gasteiger partial charge in [0.15, 0.2) is 0 Å². The van der Waals surface area contributed by atoms with Gasteiger partial charge in [-0.25, -0.2) is 9.97 Å². The van der Waals surface area contributed by atoms with Crippen LogP contribution in [0.5, 0.6) is 5.75 Å². The molecule has 2 aromatic rings. The van der Waals surface area contributed by atoms with Crippen molar-refractivity contribution in [2.24, 2.45) is 0 Å². The molecule has 106 valence electrons. The monoisotopic (exact) mass is 272 g/mol. The van der Waals surface area contributed by atoms with Gasteiger partial charge in [0, 0.05) is 17.8 Å². The van der Waals surface area contributed by atoms with Crippen LogP contribution in [0.2, 0.25) is 0 Å². The summed E-state index contributed by atoms with van der Waals surface area (Å²) in [5.74, 6) is 2.51. The minimum Gasteiger partial charge on any atom is -0.497 e. The summed E-state index contributed by atoms with van der Waals surface area (Å²) < 4.78 is 5.21. The first-order valence-electron chi connectivity index (χ1n) is 6.62. The Balaban J connectivity index is 2.28. The number of anilines is 3. The van der Waals surface area contributed by atoms with E-state index in [1.165, 1.54) is 0 Å². The van der Waals surface area contributed by atoms with Crippen LogP contribution in [0.3, 0.4) is 0 Å². The van der Waals surface area contributed by atoms with Gasteiger partial charge in [-0.2, -0.15) is 0 Å². The van der Waals surface area contributed by atoms with Crippen LogP contribution in [-0.2, 0) is 0 Å². The zero-order valence-electron chi connectivity index (χ0n) is 12.3. The number of hydrogen-bond donors (Lipinski definition) is 2. The summed E-state index contributed by atoms with van der Waals surface area (Å²) >= 11 is 0. The normalized spacial score (nSPS) is 10.2. The molecule has 5 heteroatoms. The number of methoxy groups -OCH3 is 1. The molecule has 0 radical (unpaired) electrons. The molecule has 0 aliphatic carbocycles. The minimum absolute atomic E-state index is 0.809. The Morgan fingerprint density at radius 1 is 1.15 bits per heavy atom. The van der Waals surface area contributed by atoms with Gasteiger partial charge in [-0.1, -0.05) is 0 Å². The van der Waals surface area contributed by atoms with E-state index in [-0.39, 0.29) is 0 Å². The lowest BCUT2D eigenvalue weighted by atomic mass is 10.2. The zero-order valence-corrected chi connectivity index (χ0v) is 12.3. The van der Waals surface area contributed by atoms with Crippen molar-refractivity contribution in [2.75, 3.05) is 24.3 Å². The Bertz CT molecular complexity index is 598. The van der Waals surface area contributed by atoms with Crippen LogP contribution in [0, 0.1) is 13.8 Å². The molecular formula is C15H20N4O. The van der Waals surface area contributed by atoms with Crippen molar-refractivity contribution in [3.05, 3.63) is 35.7 Å². The molecule has 0 fully saturated rings. The van der Waals surface area contributed by atoms with Gasteiger partial charge in [-0.15, -0.1) is 0 Å². The summed E-state index contributed by atoms with van der Waals surface area (Å²) in [6, 6.07) is 5.91. The Labute approximate surface area is 119 Å². The second-order valence-corrected chi connectivity index (χ2v) is 4.53. The number of benzene rings is 1. The van der Waals surface area contributed by atoms with Crippen molar-refractivity contribution in [3.63, 3.8) is 0 Å². The highest BCUT2D eigenvalue weighted by Gasteiger charge is 2.08. The first-order valence-corrected chi connectivity index (χ1v) is 6.62. The molecule has 0 spiro atoms. The second kappa shape index (κ2) is 6.23. The fourth-order valence-corrected chi connectivity index (χ4v) is 1.95. The van der Waals surface area contributed by atoms with Crippen molar-refractivity contribution >= 4 is 17.3 Å². The van der Waals surface area contributed by atoms with Crippen molar-refractivity contribution in [1.29, 1.82) is 0 Å². The molecule has 2 N–H and O–H groups in total. The Kier molecular flexibility index (Phi) is 4.40. The van der Waals surface area contributed by atoms with E-state index in [4.69, 9.17) is 4.74 Å². The molecule has 0 atom stereocenters. The second-order valence-electron chi connectivity index (χ2n) is 4.53. The summed E-state index contributed by atoms with van der Waals surface area (Å²) in [4.78, 5) is 8.54. The van der Waals surface area contributed by atoms with Crippen molar-refractivity contribution in [2.45, 2.75) is 20.8 Å². The van der Waals surface area contributed by atoms with Gasteiger partial charge < -0.3 is 15.4 Å². The summed E-state index contributed by atoms with van der Waals surface area (Å²) in [6.45, 7) is 6.91. The molecule has 1 aromatic carbocycles. The van der Waals surface area contributed by atoms with Crippen molar-refractivity contribution in [1.82, 2.24) is 9.97 Å². The highest BCUT2D eigenvalue weighted by Crippen LogP contribution is 2.26. The third-order valence-electron chi connectivity index (χ3n) is 3.11. The van der Waals surface area contributed by atoms with E-state index in [0.717, 1.165) is 40.7 Å². The van der Waals surface area contributed by atoms with Crippen LogP contribution < -0.4 is 15.4 Å². The van der Waals surface area contributed by atoms with Gasteiger partial charge >= 0.3 is 0 Å². The summed E-state index contributed by atoms with van der Waals surface area (Å²) in [5, 5.41) is 6.57. The minimum atomic E-state index is 0.809. The molecule has 1 aromatic heterocycles. The van der Waals surface area contributed by atoms with Gasteiger partial charge in [-0.05, 0) is 44.5 Å². The molecule has 0 bridgehead atoms. The highest BCUT2D eigenvalue weighted by molar-refractivity contribution is 5.67. The number of aryl methyl sites for hydroxylation is 1.